The molecule has 0 amide bonds. The summed E-state index contributed by atoms with van der Waals surface area (Å²) in [6.45, 7) is 2.42. The van der Waals surface area contributed by atoms with E-state index in [9.17, 15) is 13.6 Å². The first-order chi connectivity index (χ1) is 15.7. The van der Waals surface area contributed by atoms with Crippen LogP contribution in [0, 0.1) is 0 Å². The number of rotatable bonds is 7. The smallest absolute Gasteiger partial charge is 0.265 e. The van der Waals surface area contributed by atoms with Crippen LogP contribution >= 0.6 is 0 Å². The van der Waals surface area contributed by atoms with Crippen LogP contribution in [0.15, 0.2) is 41.0 Å². The molecule has 0 unspecified atom stereocenters. The Morgan fingerprint density at radius 3 is 2.67 bits per heavy atom. The van der Waals surface area contributed by atoms with E-state index in [1.807, 2.05) is 25.3 Å². The van der Waals surface area contributed by atoms with Crippen molar-refractivity contribution >= 4 is 11.4 Å². The van der Waals surface area contributed by atoms with Gasteiger partial charge in [0.1, 0.15) is 0 Å². The monoisotopic (exact) mass is 458 g/mol. The first kappa shape index (κ1) is 23.2. The number of hydrogen-bond acceptors (Lipinski definition) is 6. The summed E-state index contributed by atoms with van der Waals surface area (Å²) in [7, 11) is 1.67. The molecule has 2 fully saturated rings. The van der Waals surface area contributed by atoms with Crippen molar-refractivity contribution in [1.82, 2.24) is 14.6 Å². The summed E-state index contributed by atoms with van der Waals surface area (Å²) in [4.78, 5) is 18.9. The first-order valence-electron chi connectivity index (χ1n) is 11.5. The van der Waals surface area contributed by atoms with E-state index in [1.165, 1.54) is 5.01 Å². The van der Waals surface area contributed by atoms with Crippen LogP contribution in [0.25, 0.3) is 5.70 Å². The number of allylic oxidation sites excluding steroid dienone is 1. The first-order valence-corrected chi connectivity index (χ1v) is 11.5. The van der Waals surface area contributed by atoms with Gasteiger partial charge < -0.3 is 20.2 Å². The van der Waals surface area contributed by atoms with E-state index >= 15 is 0 Å². The van der Waals surface area contributed by atoms with Crippen molar-refractivity contribution in [2.75, 3.05) is 25.0 Å². The molecule has 0 radical (unpaired) electrons. The largest absolute Gasteiger partial charge is 0.395 e. The summed E-state index contributed by atoms with van der Waals surface area (Å²) in [5, 5.41) is 1.40. The Labute approximate surface area is 192 Å². The summed E-state index contributed by atoms with van der Waals surface area (Å²) in [6, 6.07) is 7.01. The van der Waals surface area contributed by atoms with Gasteiger partial charge >= 0.3 is 0 Å². The Morgan fingerprint density at radius 1 is 1.27 bits per heavy atom. The van der Waals surface area contributed by atoms with Crippen LogP contribution < -0.4 is 22.0 Å². The second-order valence-electron chi connectivity index (χ2n) is 9.07. The lowest BCUT2D eigenvalue weighted by Crippen LogP contribution is -2.43. The topological polar surface area (TPSA) is 93.4 Å². The minimum atomic E-state index is -2.70. The molecule has 3 heterocycles. The van der Waals surface area contributed by atoms with Gasteiger partial charge in [-0.2, -0.15) is 0 Å². The Kier molecular flexibility index (Phi) is 6.43. The van der Waals surface area contributed by atoms with Crippen molar-refractivity contribution < 1.29 is 8.78 Å². The fourth-order valence-electron chi connectivity index (χ4n) is 4.39. The second kappa shape index (κ2) is 9.13. The molecule has 7 nitrogen and oxygen atoms in total. The maximum atomic E-state index is 14.0. The summed E-state index contributed by atoms with van der Waals surface area (Å²) in [5.41, 5.74) is 10.3. The summed E-state index contributed by atoms with van der Waals surface area (Å²) >= 11 is 0. The highest BCUT2D eigenvalue weighted by atomic mass is 19.3. The van der Waals surface area contributed by atoms with Crippen LogP contribution in [0.5, 0.6) is 0 Å². The van der Waals surface area contributed by atoms with Gasteiger partial charge in [-0.25, -0.2) is 19.6 Å². The minimum Gasteiger partial charge on any atom is -0.395 e. The quantitative estimate of drug-likeness (QED) is 0.489. The number of anilines is 1. The van der Waals surface area contributed by atoms with Crippen LogP contribution in [0.3, 0.4) is 0 Å². The Balaban J connectivity index is 1.66. The number of hydrogen-bond donors (Lipinski definition) is 2. The van der Waals surface area contributed by atoms with Crippen molar-refractivity contribution in [3.05, 3.63) is 63.5 Å². The normalized spacial score (nSPS) is 18.8. The molecule has 2 aromatic rings. The number of likely N-dealkylation sites (N-methyl/N-ethyl adjacent to an activating group) is 1. The van der Waals surface area contributed by atoms with Crippen molar-refractivity contribution in [3.63, 3.8) is 0 Å². The fourth-order valence-corrected chi connectivity index (χ4v) is 4.39. The van der Waals surface area contributed by atoms with Crippen molar-refractivity contribution in [1.29, 1.82) is 0 Å². The predicted molar refractivity (Wildman–Crippen MR) is 126 cm³/mol. The Hall–Kier alpha value is -2.94. The predicted octanol–water partition coefficient (Wildman–Crippen LogP) is 3.05. The molecule has 1 aliphatic carbocycles. The number of halogens is 2. The van der Waals surface area contributed by atoms with Crippen molar-refractivity contribution in [2.24, 2.45) is 11.6 Å². The van der Waals surface area contributed by atoms with Gasteiger partial charge in [-0.15, -0.1) is 0 Å². The molecule has 178 valence electrons. The van der Waals surface area contributed by atoms with Gasteiger partial charge in [0.05, 0.1) is 41.6 Å². The average Bonchev–Trinajstić information content (AvgIpc) is 3.62. The third kappa shape index (κ3) is 5.19. The standard InChI is InChI=1S/C24H32F2N6O/c1-3-18-20(31-12-4-11-24(25,26)15-31)9-8-19(29-18)23(27)21(30(2)28)14-32-13-17(16-5-6-16)7-10-22(32)33/h7-10,13,16H,3-6,11-12,14-15,27-28H2,1-2H3/b23-21-. The fraction of sp³-hybridized carbons (Fsp3) is 0.500. The zero-order valence-corrected chi connectivity index (χ0v) is 19.2. The van der Waals surface area contributed by atoms with Gasteiger partial charge in [0, 0.05) is 32.3 Å². The molecule has 9 heteroatoms. The molecule has 2 aromatic heterocycles. The van der Waals surface area contributed by atoms with Gasteiger partial charge in [0.2, 0.25) is 0 Å². The molecule has 0 atom stereocenters. The molecular weight excluding hydrogens is 426 g/mol. The van der Waals surface area contributed by atoms with E-state index in [0.717, 1.165) is 18.4 Å². The molecule has 0 aromatic carbocycles. The highest BCUT2D eigenvalue weighted by Crippen LogP contribution is 2.39. The molecule has 33 heavy (non-hydrogen) atoms. The maximum absolute atomic E-state index is 14.0. The molecule has 1 saturated carbocycles. The van der Waals surface area contributed by atoms with Gasteiger partial charge in [-0.1, -0.05) is 13.0 Å². The zero-order chi connectivity index (χ0) is 23.8. The van der Waals surface area contributed by atoms with E-state index in [0.29, 0.717) is 53.8 Å². The van der Waals surface area contributed by atoms with E-state index < -0.39 is 5.92 Å². The lowest BCUT2D eigenvalue weighted by molar-refractivity contribution is -0.0117. The zero-order valence-electron chi connectivity index (χ0n) is 19.2. The van der Waals surface area contributed by atoms with E-state index in [-0.39, 0.29) is 25.1 Å². The van der Waals surface area contributed by atoms with E-state index in [1.54, 1.807) is 28.6 Å². The van der Waals surface area contributed by atoms with Crippen LogP contribution in [-0.4, -0.2) is 40.6 Å². The van der Waals surface area contributed by atoms with Crippen LogP contribution in [-0.2, 0) is 13.0 Å². The number of hydrazine groups is 1. The summed E-state index contributed by atoms with van der Waals surface area (Å²) in [5.74, 6) is 3.91. The Bertz CT molecular complexity index is 1110. The lowest BCUT2D eigenvalue weighted by atomic mass is 10.1. The molecule has 4 N–H and O–H groups in total. The van der Waals surface area contributed by atoms with Crippen LogP contribution in [0.4, 0.5) is 14.5 Å². The van der Waals surface area contributed by atoms with Crippen molar-refractivity contribution in [3.8, 4) is 0 Å². The summed E-state index contributed by atoms with van der Waals surface area (Å²) in [6.07, 6.45) is 5.09. The third-order valence-corrected chi connectivity index (χ3v) is 6.41. The van der Waals surface area contributed by atoms with Crippen LogP contribution in [0.2, 0.25) is 0 Å². The number of aryl methyl sites for hydroxylation is 1. The molecule has 4 rings (SSSR count). The van der Waals surface area contributed by atoms with Gasteiger partial charge in [-0.3, -0.25) is 4.79 Å². The van der Waals surface area contributed by atoms with Gasteiger partial charge in [0.25, 0.3) is 11.5 Å². The number of nitrogens with two attached hydrogens (primary N) is 2. The molecule has 1 saturated heterocycles. The van der Waals surface area contributed by atoms with Gasteiger partial charge in [0.15, 0.2) is 0 Å². The van der Waals surface area contributed by atoms with E-state index in [2.05, 4.69) is 0 Å². The molecule has 2 aliphatic rings. The SMILES string of the molecule is CCc1nc(/C(N)=C(\Cn2cc(C3CC3)ccc2=O)N(C)N)ccc1N1CCCC(F)(F)C1. The van der Waals surface area contributed by atoms with Crippen molar-refractivity contribution in [2.45, 2.75) is 57.4 Å². The highest BCUT2D eigenvalue weighted by molar-refractivity contribution is 5.65. The average molecular weight is 459 g/mol. The maximum Gasteiger partial charge on any atom is 0.265 e. The number of nitrogens with zero attached hydrogens (tertiary/aromatic N) is 4. The molecule has 0 spiro atoms. The van der Waals surface area contributed by atoms with E-state index in [4.69, 9.17) is 16.6 Å². The third-order valence-electron chi connectivity index (χ3n) is 6.41. The number of aromatic nitrogens is 2. The Morgan fingerprint density at radius 2 is 2.03 bits per heavy atom. The number of piperidine rings is 1. The lowest BCUT2D eigenvalue weighted by Gasteiger charge is -2.35. The molecule has 1 aliphatic heterocycles. The van der Waals surface area contributed by atoms with Gasteiger partial charge in [-0.05, 0) is 49.3 Å². The minimum absolute atomic E-state index is 0.0837. The molecule has 0 bridgehead atoms. The second-order valence-corrected chi connectivity index (χ2v) is 9.07. The summed E-state index contributed by atoms with van der Waals surface area (Å²) < 4.78 is 29.5. The number of alkyl halides is 2. The molecular formula is C24H32F2N6O. The number of pyridine rings is 2. The highest BCUT2D eigenvalue weighted by Gasteiger charge is 2.36. The van der Waals surface area contributed by atoms with Crippen LogP contribution in [0.1, 0.15) is 55.5 Å².